The van der Waals surface area contributed by atoms with Crippen molar-refractivity contribution in [2.24, 2.45) is 0 Å². The zero-order chi connectivity index (χ0) is 25.9. The molecule has 0 spiro atoms. The van der Waals surface area contributed by atoms with E-state index in [9.17, 15) is 14.7 Å². The Hall–Kier alpha value is -3.64. The zero-order valence-electron chi connectivity index (χ0n) is 21.3. The predicted molar refractivity (Wildman–Crippen MR) is 143 cm³/mol. The van der Waals surface area contributed by atoms with E-state index < -0.39 is 5.60 Å². The van der Waals surface area contributed by atoms with E-state index >= 15 is 0 Å². The second kappa shape index (κ2) is 10.5. The Bertz CT molecular complexity index is 1200. The van der Waals surface area contributed by atoms with Crippen molar-refractivity contribution in [2.75, 3.05) is 16.4 Å². The van der Waals surface area contributed by atoms with Gasteiger partial charge in [0, 0.05) is 29.4 Å². The van der Waals surface area contributed by atoms with Gasteiger partial charge >= 0.3 is 0 Å². The molecule has 3 aromatic carbocycles. The van der Waals surface area contributed by atoms with E-state index in [1.54, 1.807) is 38.1 Å². The molecular formula is C30H34N2O4. The lowest BCUT2D eigenvalue weighted by Gasteiger charge is -2.43. The SMILES string of the molecule is CCC(=O)N(c1ccccc1)C1CC(C)N(C(=O)c2ccc(OCC(C)(C)O)cc2)c2ccccc21. The Balaban J connectivity index is 1.65. The maximum absolute atomic E-state index is 13.7. The first-order valence-corrected chi connectivity index (χ1v) is 12.4. The molecule has 1 heterocycles. The van der Waals surface area contributed by atoms with Crippen LogP contribution >= 0.6 is 0 Å². The van der Waals surface area contributed by atoms with Gasteiger partial charge < -0.3 is 19.6 Å². The number of anilines is 2. The number of fused-ring (bicyclic) bond motifs is 1. The summed E-state index contributed by atoms with van der Waals surface area (Å²) in [5.74, 6) is 0.544. The van der Waals surface area contributed by atoms with E-state index in [1.807, 2.05) is 78.2 Å². The predicted octanol–water partition coefficient (Wildman–Crippen LogP) is 5.76. The Morgan fingerprint density at radius 2 is 1.64 bits per heavy atom. The van der Waals surface area contributed by atoms with Crippen LogP contribution in [0.2, 0.25) is 0 Å². The minimum absolute atomic E-state index is 0.0506. The average Bonchev–Trinajstić information content (AvgIpc) is 2.87. The van der Waals surface area contributed by atoms with Crippen LogP contribution in [0.1, 0.15) is 62.5 Å². The van der Waals surface area contributed by atoms with E-state index in [2.05, 4.69) is 0 Å². The van der Waals surface area contributed by atoms with Crippen molar-refractivity contribution in [3.8, 4) is 5.75 Å². The standard InChI is InChI=1S/C30H34N2O4/c1-5-28(33)32(23-11-7-6-8-12-23)27-19-21(2)31(26-14-10-9-13-25(26)27)29(34)22-15-17-24(18-16-22)36-20-30(3,4)35/h6-18,21,27,35H,5,19-20H2,1-4H3. The summed E-state index contributed by atoms with van der Waals surface area (Å²) in [6.07, 6.45) is 1.02. The van der Waals surface area contributed by atoms with Gasteiger partial charge in [-0.05, 0) is 75.2 Å². The summed E-state index contributed by atoms with van der Waals surface area (Å²) >= 11 is 0. The summed E-state index contributed by atoms with van der Waals surface area (Å²) in [4.78, 5) is 30.5. The summed E-state index contributed by atoms with van der Waals surface area (Å²) in [6, 6.07) is 24.3. The molecule has 6 nitrogen and oxygen atoms in total. The summed E-state index contributed by atoms with van der Waals surface area (Å²) < 4.78 is 5.63. The summed E-state index contributed by atoms with van der Waals surface area (Å²) in [6.45, 7) is 7.43. The van der Waals surface area contributed by atoms with Gasteiger partial charge in [-0.15, -0.1) is 0 Å². The number of benzene rings is 3. The number of ether oxygens (including phenoxy) is 1. The molecule has 2 unspecified atom stereocenters. The number of para-hydroxylation sites is 2. The lowest BCUT2D eigenvalue weighted by Crippen LogP contribution is -2.47. The lowest BCUT2D eigenvalue weighted by molar-refractivity contribution is -0.118. The summed E-state index contributed by atoms with van der Waals surface area (Å²) in [5, 5.41) is 9.89. The Labute approximate surface area is 213 Å². The summed E-state index contributed by atoms with van der Waals surface area (Å²) in [5.41, 5.74) is 2.25. The van der Waals surface area contributed by atoms with Gasteiger partial charge in [0.2, 0.25) is 5.91 Å². The second-order valence-corrected chi connectivity index (χ2v) is 9.91. The van der Waals surface area contributed by atoms with E-state index in [4.69, 9.17) is 4.74 Å². The molecule has 2 atom stereocenters. The molecule has 188 valence electrons. The highest BCUT2D eigenvalue weighted by Crippen LogP contribution is 2.43. The van der Waals surface area contributed by atoms with Gasteiger partial charge in [-0.2, -0.15) is 0 Å². The highest BCUT2D eigenvalue weighted by molar-refractivity contribution is 6.07. The molecule has 36 heavy (non-hydrogen) atoms. The number of nitrogens with zero attached hydrogens (tertiary/aromatic N) is 2. The van der Waals surface area contributed by atoms with Crippen LogP contribution in [-0.2, 0) is 4.79 Å². The molecule has 0 saturated carbocycles. The fraction of sp³-hybridized carbons (Fsp3) is 0.333. The molecule has 1 aliphatic heterocycles. The van der Waals surface area contributed by atoms with Crippen molar-refractivity contribution in [3.05, 3.63) is 90.0 Å². The molecule has 0 bridgehead atoms. The van der Waals surface area contributed by atoms with Crippen LogP contribution in [0.3, 0.4) is 0 Å². The van der Waals surface area contributed by atoms with Crippen LogP contribution < -0.4 is 14.5 Å². The molecule has 0 radical (unpaired) electrons. The smallest absolute Gasteiger partial charge is 0.258 e. The third-order valence-corrected chi connectivity index (χ3v) is 6.39. The molecule has 4 rings (SSSR count). The highest BCUT2D eigenvalue weighted by atomic mass is 16.5. The molecular weight excluding hydrogens is 452 g/mol. The highest BCUT2D eigenvalue weighted by Gasteiger charge is 2.38. The topological polar surface area (TPSA) is 70.1 Å². The number of carbonyl (C=O) groups is 2. The molecule has 6 heteroatoms. The maximum Gasteiger partial charge on any atom is 0.258 e. The third kappa shape index (κ3) is 5.44. The van der Waals surface area contributed by atoms with E-state index in [0.29, 0.717) is 24.2 Å². The molecule has 0 aromatic heterocycles. The second-order valence-electron chi connectivity index (χ2n) is 9.91. The monoisotopic (exact) mass is 486 g/mol. The van der Waals surface area contributed by atoms with E-state index in [0.717, 1.165) is 16.9 Å². The van der Waals surface area contributed by atoms with Crippen LogP contribution in [0, 0.1) is 0 Å². The van der Waals surface area contributed by atoms with Gasteiger partial charge in [-0.3, -0.25) is 9.59 Å². The largest absolute Gasteiger partial charge is 0.491 e. The first kappa shape index (κ1) is 25.5. The molecule has 3 aromatic rings. The Morgan fingerprint density at radius 3 is 2.28 bits per heavy atom. The average molecular weight is 487 g/mol. The number of aliphatic hydroxyl groups is 1. The van der Waals surface area contributed by atoms with Crippen LogP contribution in [0.4, 0.5) is 11.4 Å². The van der Waals surface area contributed by atoms with E-state index in [-0.39, 0.29) is 30.5 Å². The van der Waals surface area contributed by atoms with Crippen molar-refractivity contribution >= 4 is 23.2 Å². The van der Waals surface area contributed by atoms with Gasteiger partial charge in [0.05, 0.1) is 11.6 Å². The fourth-order valence-electron chi connectivity index (χ4n) is 4.69. The minimum atomic E-state index is -0.940. The number of rotatable bonds is 7. The van der Waals surface area contributed by atoms with Crippen molar-refractivity contribution in [1.29, 1.82) is 0 Å². The molecule has 0 saturated heterocycles. The van der Waals surface area contributed by atoms with Gasteiger partial charge in [-0.25, -0.2) is 0 Å². The normalized spacial score (nSPS) is 17.3. The summed E-state index contributed by atoms with van der Waals surface area (Å²) in [7, 11) is 0. The van der Waals surface area contributed by atoms with Crippen LogP contribution in [0.25, 0.3) is 0 Å². The first-order valence-electron chi connectivity index (χ1n) is 12.4. The number of hydrogen-bond acceptors (Lipinski definition) is 4. The number of hydrogen-bond donors (Lipinski definition) is 1. The van der Waals surface area contributed by atoms with Gasteiger partial charge in [-0.1, -0.05) is 43.3 Å². The number of amides is 2. The van der Waals surface area contributed by atoms with Crippen molar-refractivity contribution in [3.63, 3.8) is 0 Å². The third-order valence-electron chi connectivity index (χ3n) is 6.39. The Morgan fingerprint density at radius 1 is 1.00 bits per heavy atom. The van der Waals surface area contributed by atoms with Crippen molar-refractivity contribution in [1.82, 2.24) is 0 Å². The zero-order valence-corrected chi connectivity index (χ0v) is 21.3. The first-order chi connectivity index (χ1) is 17.2. The van der Waals surface area contributed by atoms with Crippen molar-refractivity contribution in [2.45, 2.75) is 58.2 Å². The van der Waals surface area contributed by atoms with Crippen LogP contribution in [-0.4, -0.2) is 35.2 Å². The minimum Gasteiger partial charge on any atom is -0.491 e. The molecule has 1 N–H and O–H groups in total. The van der Waals surface area contributed by atoms with Crippen LogP contribution in [0.15, 0.2) is 78.9 Å². The molecule has 0 fully saturated rings. The van der Waals surface area contributed by atoms with Gasteiger partial charge in [0.1, 0.15) is 12.4 Å². The Kier molecular flexibility index (Phi) is 7.45. The lowest BCUT2D eigenvalue weighted by atomic mass is 9.89. The van der Waals surface area contributed by atoms with Gasteiger partial charge in [0.15, 0.2) is 0 Å². The van der Waals surface area contributed by atoms with E-state index in [1.165, 1.54) is 0 Å². The molecule has 1 aliphatic rings. The molecule has 2 amide bonds. The van der Waals surface area contributed by atoms with Crippen LogP contribution in [0.5, 0.6) is 5.75 Å². The fourth-order valence-corrected chi connectivity index (χ4v) is 4.69. The van der Waals surface area contributed by atoms with Crippen molar-refractivity contribution < 1.29 is 19.4 Å². The maximum atomic E-state index is 13.7. The molecule has 0 aliphatic carbocycles. The van der Waals surface area contributed by atoms with Gasteiger partial charge in [0.25, 0.3) is 5.91 Å². The quantitative estimate of drug-likeness (QED) is 0.461. The number of carbonyl (C=O) groups excluding carboxylic acids is 2.